The molecular weight excluding hydrogens is 750 g/mol. The third-order valence-corrected chi connectivity index (χ3v) is 12.6. The highest BCUT2D eigenvalue weighted by Crippen LogP contribution is 2.63. The molecule has 4 heterocycles. The van der Waals surface area contributed by atoms with Crippen molar-refractivity contribution in [2.75, 3.05) is 10.6 Å². The largest absolute Gasteiger partial charge is 0.477 e. The molecule has 57 heavy (non-hydrogen) atoms. The summed E-state index contributed by atoms with van der Waals surface area (Å²) in [6, 6.07) is 12.8. The molecule has 0 radical (unpaired) electrons. The molecule has 2 fully saturated rings. The number of aromatic carboxylic acids is 1. The molecule has 0 saturated heterocycles. The first-order chi connectivity index (χ1) is 26.2. The number of carbonyl (C=O) groups excluding carboxylic acids is 1. The van der Waals surface area contributed by atoms with Gasteiger partial charge in [0.1, 0.15) is 40.5 Å². The lowest BCUT2D eigenvalue weighted by Gasteiger charge is -2.42. The van der Waals surface area contributed by atoms with Crippen molar-refractivity contribution < 1.29 is 28.2 Å². The number of carboxylic acid groups (broad SMARTS) is 1. The summed E-state index contributed by atoms with van der Waals surface area (Å²) in [5, 5.41) is 25.1. The van der Waals surface area contributed by atoms with Gasteiger partial charge in [0.2, 0.25) is 0 Å². The van der Waals surface area contributed by atoms with E-state index in [-0.39, 0.29) is 70.1 Å². The topological polar surface area (TPSA) is 123 Å². The number of aromatic nitrogens is 4. The van der Waals surface area contributed by atoms with Crippen LogP contribution in [-0.2, 0) is 15.8 Å². The van der Waals surface area contributed by atoms with Gasteiger partial charge in [-0.05, 0) is 91.7 Å². The van der Waals surface area contributed by atoms with Gasteiger partial charge in [0.05, 0.1) is 34.5 Å². The molecule has 0 amide bonds. The summed E-state index contributed by atoms with van der Waals surface area (Å²) >= 11 is 0. The van der Waals surface area contributed by atoms with E-state index in [9.17, 15) is 23.5 Å². The summed E-state index contributed by atoms with van der Waals surface area (Å²) in [6.45, 7) is 22.4. The van der Waals surface area contributed by atoms with E-state index in [4.69, 9.17) is 9.84 Å². The monoisotopic (exact) mass is 808 g/mol. The fraction of sp³-hybridized carbons (Fsp3) is 0.545. The van der Waals surface area contributed by atoms with Gasteiger partial charge in [-0.15, -0.1) is 12.4 Å². The number of hydrogen-bond donors (Lipinski definition) is 3. The predicted molar refractivity (Wildman–Crippen MR) is 221 cm³/mol. The van der Waals surface area contributed by atoms with Crippen LogP contribution >= 0.6 is 12.4 Å². The Bertz CT molecular complexity index is 2140. The van der Waals surface area contributed by atoms with Crippen molar-refractivity contribution >= 4 is 36.0 Å². The van der Waals surface area contributed by atoms with Gasteiger partial charge in [0.15, 0.2) is 0 Å². The average Bonchev–Trinajstić information content (AvgIpc) is 3.84. The van der Waals surface area contributed by atoms with Crippen molar-refractivity contribution in [3.8, 4) is 0 Å². The van der Waals surface area contributed by atoms with Crippen molar-refractivity contribution in [3.05, 3.63) is 93.8 Å². The van der Waals surface area contributed by atoms with E-state index < -0.39 is 11.5 Å². The first-order valence-corrected chi connectivity index (χ1v) is 19.9. The standard InChI is InChI=1S/C26H34FN3O2.C16H18FN3O2.C2H6.ClH/c1-15-20(22(31)32-23-25(4,5)16-11-12-26(23,6)13-16)21-28-19(14-24(2,3)30(21)29-15)17-9-7-8-10-18(17)27;1-9-13(15(21)22)14-18-12(8-16(2,3)20(14)19-9)10-6-4-5-7-11(10)17;1-2;/h7-10,16,19,23,28H,11-14H2,1-6H3;4-7,12,18H,8H2,1-3H3,(H,21,22);1-2H3;1H/t16-,19?,23?,26+;;;/m0.../s1. The van der Waals surface area contributed by atoms with Gasteiger partial charge in [-0.25, -0.2) is 27.7 Å². The van der Waals surface area contributed by atoms with Crippen LogP contribution in [0.3, 0.4) is 0 Å². The maximum absolute atomic E-state index is 14.6. The van der Waals surface area contributed by atoms with Crippen molar-refractivity contribution in [1.82, 2.24) is 19.6 Å². The number of hydrogen-bond acceptors (Lipinski definition) is 7. The molecule has 2 aliphatic heterocycles. The number of nitrogens with one attached hydrogen (secondary N) is 2. The first-order valence-electron chi connectivity index (χ1n) is 19.9. The van der Waals surface area contributed by atoms with E-state index in [1.807, 2.05) is 45.4 Å². The minimum atomic E-state index is -1.03. The van der Waals surface area contributed by atoms with Crippen LogP contribution in [0.4, 0.5) is 20.4 Å². The van der Waals surface area contributed by atoms with Crippen LogP contribution in [0.5, 0.6) is 0 Å². The van der Waals surface area contributed by atoms with E-state index in [1.165, 1.54) is 18.6 Å². The maximum Gasteiger partial charge on any atom is 0.344 e. The lowest BCUT2D eigenvalue weighted by molar-refractivity contribution is -0.0584. The summed E-state index contributed by atoms with van der Waals surface area (Å²) in [5.41, 5.74) is 2.07. The average molecular weight is 809 g/mol. The number of ether oxygens (including phenoxy) is 1. The Morgan fingerprint density at radius 3 is 1.61 bits per heavy atom. The highest BCUT2D eigenvalue weighted by Gasteiger charge is 2.61. The normalized spacial score (nSPS) is 25.4. The Balaban J connectivity index is 0.000000218. The SMILES string of the molecule is CC.Cc1nn2c(c1C(=O)O)NC(c1ccccc1F)CC2(C)C.Cc1nn2c(c1C(=O)OC1C(C)(C)[C@H]3CC[C@]1(C)C3)NC(c1ccccc1F)CC2(C)C.Cl. The molecule has 3 N–H and O–H groups in total. The van der Waals surface area contributed by atoms with Gasteiger partial charge >= 0.3 is 11.9 Å². The number of esters is 1. The third-order valence-electron chi connectivity index (χ3n) is 12.6. The lowest BCUT2D eigenvalue weighted by atomic mass is 9.70. The Morgan fingerprint density at radius 1 is 0.754 bits per heavy atom. The molecule has 8 rings (SSSR count). The van der Waals surface area contributed by atoms with Crippen LogP contribution in [0.1, 0.15) is 150 Å². The number of fused-ring (bicyclic) bond motifs is 4. The van der Waals surface area contributed by atoms with Gasteiger partial charge in [0.25, 0.3) is 0 Å². The summed E-state index contributed by atoms with van der Waals surface area (Å²) in [4.78, 5) is 25.1. The van der Waals surface area contributed by atoms with Crippen LogP contribution in [0.15, 0.2) is 48.5 Å². The van der Waals surface area contributed by atoms with Gasteiger partial charge in [-0.3, -0.25) is 0 Å². The second kappa shape index (κ2) is 15.7. The zero-order valence-corrected chi connectivity index (χ0v) is 35.9. The number of benzene rings is 2. The zero-order chi connectivity index (χ0) is 41.1. The second-order valence-electron chi connectivity index (χ2n) is 17.9. The number of rotatable bonds is 5. The van der Waals surface area contributed by atoms with Crippen LogP contribution in [0.25, 0.3) is 0 Å². The Morgan fingerprint density at radius 2 is 1.19 bits per heavy atom. The number of carbonyl (C=O) groups is 2. The number of anilines is 2. The molecule has 310 valence electrons. The fourth-order valence-electron chi connectivity index (χ4n) is 9.91. The minimum absolute atomic E-state index is 0. The molecule has 5 atom stereocenters. The summed E-state index contributed by atoms with van der Waals surface area (Å²) in [6.07, 6.45) is 4.58. The third kappa shape index (κ3) is 7.66. The van der Waals surface area contributed by atoms with E-state index in [0.29, 0.717) is 58.5 Å². The van der Waals surface area contributed by atoms with Crippen molar-refractivity contribution in [2.24, 2.45) is 16.7 Å². The molecular formula is C44H59ClF2N6O4. The smallest absolute Gasteiger partial charge is 0.344 e. The molecule has 2 aromatic carbocycles. The molecule has 2 aliphatic carbocycles. The van der Waals surface area contributed by atoms with Crippen LogP contribution in [0.2, 0.25) is 0 Å². The van der Waals surface area contributed by atoms with E-state index in [0.717, 1.165) is 12.8 Å². The van der Waals surface area contributed by atoms with E-state index in [1.54, 1.807) is 41.9 Å². The van der Waals surface area contributed by atoms with Crippen LogP contribution in [0, 0.1) is 42.2 Å². The number of aryl methyl sites for hydroxylation is 2. The summed E-state index contributed by atoms with van der Waals surface area (Å²) in [5.74, 6) is -0.236. The molecule has 2 bridgehead atoms. The molecule has 10 nitrogen and oxygen atoms in total. The quantitative estimate of drug-likeness (QED) is 0.170. The molecule has 4 aliphatic rings. The molecule has 13 heteroatoms. The Hall–Kier alpha value is -4.45. The van der Waals surface area contributed by atoms with Gasteiger partial charge in [-0.2, -0.15) is 10.2 Å². The lowest BCUT2D eigenvalue weighted by Crippen LogP contribution is -2.44. The summed E-state index contributed by atoms with van der Waals surface area (Å²) in [7, 11) is 0. The number of halogens is 3. The van der Waals surface area contributed by atoms with Crippen molar-refractivity contribution in [3.63, 3.8) is 0 Å². The van der Waals surface area contributed by atoms with Crippen LogP contribution < -0.4 is 10.6 Å². The minimum Gasteiger partial charge on any atom is -0.477 e. The van der Waals surface area contributed by atoms with Crippen molar-refractivity contribution in [1.29, 1.82) is 0 Å². The highest BCUT2D eigenvalue weighted by molar-refractivity contribution is 5.97. The Kier molecular flexibility index (Phi) is 12.0. The van der Waals surface area contributed by atoms with Gasteiger partial charge in [0, 0.05) is 22.0 Å². The molecule has 2 aromatic heterocycles. The van der Waals surface area contributed by atoms with E-state index >= 15 is 0 Å². The number of carboxylic acids is 1. The molecule has 4 aromatic rings. The van der Waals surface area contributed by atoms with Crippen molar-refractivity contribution in [2.45, 2.75) is 138 Å². The maximum atomic E-state index is 14.6. The van der Waals surface area contributed by atoms with Gasteiger partial charge in [-0.1, -0.05) is 71.0 Å². The highest BCUT2D eigenvalue weighted by atomic mass is 35.5. The number of nitrogens with zero attached hydrogens (tertiary/aromatic N) is 4. The first kappa shape index (κ1) is 43.7. The summed E-state index contributed by atoms with van der Waals surface area (Å²) < 4.78 is 38.5. The fourth-order valence-corrected chi connectivity index (χ4v) is 9.91. The molecule has 3 unspecified atom stereocenters. The van der Waals surface area contributed by atoms with Gasteiger partial charge < -0.3 is 20.5 Å². The van der Waals surface area contributed by atoms with E-state index in [2.05, 4.69) is 50.4 Å². The molecule has 2 saturated carbocycles. The second-order valence-corrected chi connectivity index (χ2v) is 17.9. The zero-order valence-electron chi connectivity index (χ0n) is 35.1. The van der Waals surface area contributed by atoms with Crippen LogP contribution in [-0.4, -0.2) is 42.7 Å². The predicted octanol–water partition coefficient (Wildman–Crippen LogP) is 10.8. The Labute approximate surface area is 341 Å². The molecule has 0 spiro atoms.